The fraction of sp³-hybridized carbons (Fsp3) is 0.333. The molecule has 2 nitrogen and oxygen atoms in total. The van der Waals surface area contributed by atoms with Crippen LogP contribution in [-0.2, 0) is 0 Å². The number of allylic oxidation sites excluding steroid dienone is 1. The highest BCUT2D eigenvalue weighted by molar-refractivity contribution is 5.34. The fourth-order valence-electron chi connectivity index (χ4n) is 1.19. The maximum absolute atomic E-state index is 9.46. The van der Waals surface area contributed by atoms with Gasteiger partial charge in [0, 0.05) is 5.56 Å². The molecule has 76 valence electrons. The van der Waals surface area contributed by atoms with Crippen LogP contribution in [0.3, 0.4) is 0 Å². The van der Waals surface area contributed by atoms with Crippen LogP contribution < -0.4 is 4.74 Å². The van der Waals surface area contributed by atoms with E-state index in [-0.39, 0.29) is 0 Å². The van der Waals surface area contributed by atoms with E-state index in [0.717, 1.165) is 11.3 Å². The normalized spacial score (nSPS) is 13.1. The maximum atomic E-state index is 9.46. The van der Waals surface area contributed by atoms with Crippen molar-refractivity contribution in [2.45, 2.75) is 20.0 Å². The number of aliphatic hydroxyl groups excluding tert-OH is 1. The molecule has 1 N–H and O–H groups in total. The Hall–Kier alpha value is -1.28. The molecular weight excluding hydrogens is 176 g/mol. The molecular formula is C12H16O2. The summed E-state index contributed by atoms with van der Waals surface area (Å²) in [5, 5.41) is 9.46. The van der Waals surface area contributed by atoms with Crippen molar-refractivity contribution >= 4 is 0 Å². The molecule has 0 aliphatic heterocycles. The molecule has 1 atom stereocenters. The minimum absolute atomic E-state index is 0.489. The molecule has 1 rings (SSSR count). The molecule has 0 aromatic heterocycles. The summed E-state index contributed by atoms with van der Waals surface area (Å²) in [5.74, 6) is 0.751. The van der Waals surface area contributed by atoms with Gasteiger partial charge >= 0.3 is 0 Å². The van der Waals surface area contributed by atoms with E-state index >= 15 is 0 Å². The van der Waals surface area contributed by atoms with Crippen molar-refractivity contribution in [2.75, 3.05) is 6.61 Å². The lowest BCUT2D eigenvalue weighted by Gasteiger charge is -2.11. The molecule has 0 unspecified atom stereocenters. The number of ether oxygens (including phenoxy) is 1. The van der Waals surface area contributed by atoms with E-state index in [9.17, 15) is 5.11 Å². The van der Waals surface area contributed by atoms with E-state index in [1.807, 2.05) is 43.3 Å². The first-order valence-corrected chi connectivity index (χ1v) is 4.76. The largest absolute Gasteiger partial charge is 0.489 e. The molecule has 0 amide bonds. The molecule has 0 aliphatic carbocycles. The van der Waals surface area contributed by atoms with Gasteiger partial charge in [0.2, 0.25) is 0 Å². The zero-order valence-corrected chi connectivity index (χ0v) is 8.60. The SMILES string of the molecule is CC=CCOc1ccccc1[C@H](C)O. The standard InChI is InChI=1S/C12H16O2/c1-3-4-9-14-12-8-6-5-7-11(12)10(2)13/h3-8,10,13H,9H2,1-2H3/t10-/m0/s1. The van der Waals surface area contributed by atoms with Crippen molar-refractivity contribution < 1.29 is 9.84 Å². The summed E-state index contributed by atoms with van der Waals surface area (Å²) < 4.78 is 5.49. The van der Waals surface area contributed by atoms with Crippen molar-refractivity contribution in [3.05, 3.63) is 42.0 Å². The Morgan fingerprint density at radius 3 is 2.79 bits per heavy atom. The molecule has 2 heteroatoms. The van der Waals surface area contributed by atoms with Crippen LogP contribution in [0.25, 0.3) is 0 Å². The Labute approximate surface area is 84.8 Å². The van der Waals surface area contributed by atoms with Crippen molar-refractivity contribution in [3.63, 3.8) is 0 Å². The molecule has 1 aromatic rings. The Balaban J connectivity index is 2.74. The van der Waals surface area contributed by atoms with E-state index in [1.165, 1.54) is 0 Å². The van der Waals surface area contributed by atoms with Crippen LogP contribution in [0.1, 0.15) is 25.5 Å². The molecule has 0 fully saturated rings. The summed E-state index contributed by atoms with van der Waals surface area (Å²) in [4.78, 5) is 0. The minimum atomic E-state index is -0.489. The Morgan fingerprint density at radius 1 is 1.43 bits per heavy atom. The molecule has 0 saturated carbocycles. The van der Waals surface area contributed by atoms with E-state index < -0.39 is 6.10 Å². The smallest absolute Gasteiger partial charge is 0.125 e. The van der Waals surface area contributed by atoms with Crippen molar-refractivity contribution in [3.8, 4) is 5.75 Å². The quantitative estimate of drug-likeness (QED) is 0.743. The second-order valence-electron chi connectivity index (χ2n) is 3.09. The summed E-state index contributed by atoms with van der Waals surface area (Å²) in [7, 11) is 0. The molecule has 0 saturated heterocycles. The molecule has 0 bridgehead atoms. The number of aliphatic hydroxyl groups is 1. The zero-order valence-electron chi connectivity index (χ0n) is 8.60. The van der Waals surface area contributed by atoms with Crippen LogP contribution in [0.4, 0.5) is 0 Å². The van der Waals surface area contributed by atoms with Crippen LogP contribution in [0.2, 0.25) is 0 Å². The molecule has 0 heterocycles. The molecule has 14 heavy (non-hydrogen) atoms. The number of rotatable bonds is 4. The van der Waals surface area contributed by atoms with Gasteiger partial charge in [-0.05, 0) is 19.9 Å². The molecule has 0 aliphatic rings. The van der Waals surface area contributed by atoms with Gasteiger partial charge in [0.15, 0.2) is 0 Å². The summed E-state index contributed by atoms with van der Waals surface area (Å²) in [6, 6.07) is 7.53. The average Bonchev–Trinajstić information content (AvgIpc) is 2.19. The predicted octanol–water partition coefficient (Wildman–Crippen LogP) is 2.69. The van der Waals surface area contributed by atoms with Crippen LogP contribution in [-0.4, -0.2) is 11.7 Å². The zero-order chi connectivity index (χ0) is 10.4. The summed E-state index contributed by atoms with van der Waals surface area (Å²) >= 11 is 0. The van der Waals surface area contributed by atoms with E-state index in [1.54, 1.807) is 6.92 Å². The lowest BCUT2D eigenvalue weighted by atomic mass is 10.1. The highest BCUT2D eigenvalue weighted by Gasteiger charge is 2.06. The maximum Gasteiger partial charge on any atom is 0.125 e. The molecule has 1 aromatic carbocycles. The van der Waals surface area contributed by atoms with E-state index in [0.29, 0.717) is 6.61 Å². The third-order valence-corrected chi connectivity index (χ3v) is 1.94. The third kappa shape index (κ3) is 2.89. The fourth-order valence-corrected chi connectivity index (χ4v) is 1.19. The monoisotopic (exact) mass is 192 g/mol. The van der Waals surface area contributed by atoms with Gasteiger partial charge in [0.1, 0.15) is 12.4 Å². The van der Waals surface area contributed by atoms with E-state index in [4.69, 9.17) is 4.74 Å². The summed E-state index contributed by atoms with van der Waals surface area (Å²) in [6.07, 6.45) is 3.38. The number of hydrogen-bond donors (Lipinski definition) is 1. The molecule has 0 spiro atoms. The summed E-state index contributed by atoms with van der Waals surface area (Å²) in [6.45, 7) is 4.22. The van der Waals surface area contributed by atoms with Gasteiger partial charge in [0.25, 0.3) is 0 Å². The first-order chi connectivity index (χ1) is 6.75. The number of para-hydroxylation sites is 1. The van der Waals surface area contributed by atoms with Crippen LogP contribution >= 0.6 is 0 Å². The van der Waals surface area contributed by atoms with Gasteiger partial charge in [-0.2, -0.15) is 0 Å². The number of hydrogen-bond acceptors (Lipinski definition) is 2. The van der Waals surface area contributed by atoms with Crippen LogP contribution in [0.15, 0.2) is 36.4 Å². The average molecular weight is 192 g/mol. The Morgan fingerprint density at radius 2 is 2.14 bits per heavy atom. The van der Waals surface area contributed by atoms with Crippen molar-refractivity contribution in [1.82, 2.24) is 0 Å². The lowest BCUT2D eigenvalue weighted by Crippen LogP contribution is -1.99. The van der Waals surface area contributed by atoms with Crippen LogP contribution in [0, 0.1) is 0 Å². The first kappa shape index (κ1) is 10.8. The van der Waals surface area contributed by atoms with Gasteiger partial charge in [-0.1, -0.05) is 30.4 Å². The third-order valence-electron chi connectivity index (χ3n) is 1.94. The first-order valence-electron chi connectivity index (χ1n) is 4.76. The number of benzene rings is 1. The Kier molecular flexibility index (Phi) is 4.20. The Bertz CT molecular complexity index is 303. The molecule has 0 radical (unpaired) electrons. The second-order valence-corrected chi connectivity index (χ2v) is 3.09. The van der Waals surface area contributed by atoms with Gasteiger partial charge < -0.3 is 9.84 Å². The predicted molar refractivity (Wildman–Crippen MR) is 57.4 cm³/mol. The van der Waals surface area contributed by atoms with Crippen LogP contribution in [0.5, 0.6) is 5.75 Å². The van der Waals surface area contributed by atoms with Crippen molar-refractivity contribution in [1.29, 1.82) is 0 Å². The van der Waals surface area contributed by atoms with E-state index in [2.05, 4.69) is 0 Å². The van der Waals surface area contributed by atoms with Crippen molar-refractivity contribution in [2.24, 2.45) is 0 Å². The summed E-state index contributed by atoms with van der Waals surface area (Å²) in [5.41, 5.74) is 0.831. The topological polar surface area (TPSA) is 29.5 Å². The van der Waals surface area contributed by atoms with Gasteiger partial charge in [-0.15, -0.1) is 0 Å². The van der Waals surface area contributed by atoms with Gasteiger partial charge in [0.05, 0.1) is 6.10 Å². The lowest BCUT2D eigenvalue weighted by molar-refractivity contribution is 0.193. The van der Waals surface area contributed by atoms with Gasteiger partial charge in [-0.3, -0.25) is 0 Å². The van der Waals surface area contributed by atoms with Gasteiger partial charge in [-0.25, -0.2) is 0 Å². The highest BCUT2D eigenvalue weighted by atomic mass is 16.5. The minimum Gasteiger partial charge on any atom is -0.489 e. The highest BCUT2D eigenvalue weighted by Crippen LogP contribution is 2.24. The second kappa shape index (κ2) is 5.45.